The SMILES string of the molecule is CS(=O)(=O)c1ccc([C@@H](C(=O)O)C(F)(F)F)cc1. The van der Waals surface area contributed by atoms with Gasteiger partial charge in [0, 0.05) is 6.26 Å². The van der Waals surface area contributed by atoms with Crippen molar-refractivity contribution in [1.82, 2.24) is 0 Å². The van der Waals surface area contributed by atoms with Crippen molar-refractivity contribution in [3.05, 3.63) is 29.8 Å². The number of carboxylic acid groups (broad SMARTS) is 1. The van der Waals surface area contributed by atoms with E-state index in [1.165, 1.54) is 0 Å². The molecule has 0 heterocycles. The van der Waals surface area contributed by atoms with Gasteiger partial charge in [-0.3, -0.25) is 4.79 Å². The van der Waals surface area contributed by atoms with Crippen LogP contribution in [0.2, 0.25) is 0 Å². The van der Waals surface area contributed by atoms with Crippen molar-refractivity contribution in [2.45, 2.75) is 17.0 Å². The van der Waals surface area contributed by atoms with Crippen LogP contribution in [0.1, 0.15) is 11.5 Å². The second-order valence-electron chi connectivity index (χ2n) is 3.65. The first-order valence-electron chi connectivity index (χ1n) is 4.63. The number of carbonyl (C=O) groups is 1. The molecular formula is C10H9F3O4S. The Morgan fingerprint density at radius 3 is 1.94 bits per heavy atom. The van der Waals surface area contributed by atoms with Crippen molar-refractivity contribution in [3.63, 3.8) is 0 Å². The molecule has 0 saturated heterocycles. The molecule has 1 atom stereocenters. The third kappa shape index (κ3) is 3.22. The van der Waals surface area contributed by atoms with Crippen LogP contribution in [0, 0.1) is 0 Å². The maximum absolute atomic E-state index is 12.5. The van der Waals surface area contributed by atoms with Gasteiger partial charge in [-0.25, -0.2) is 8.42 Å². The van der Waals surface area contributed by atoms with Crippen LogP contribution in [0.4, 0.5) is 13.2 Å². The van der Waals surface area contributed by atoms with E-state index in [1.807, 2.05) is 0 Å². The fraction of sp³-hybridized carbons (Fsp3) is 0.300. The Kier molecular flexibility index (Phi) is 3.70. The van der Waals surface area contributed by atoms with Crippen LogP contribution in [-0.4, -0.2) is 31.9 Å². The molecular weight excluding hydrogens is 273 g/mol. The van der Waals surface area contributed by atoms with E-state index in [-0.39, 0.29) is 4.90 Å². The Morgan fingerprint density at radius 2 is 1.67 bits per heavy atom. The highest BCUT2D eigenvalue weighted by molar-refractivity contribution is 7.90. The number of sulfone groups is 1. The number of carboxylic acids is 1. The number of alkyl halides is 3. The molecule has 0 aromatic heterocycles. The highest BCUT2D eigenvalue weighted by atomic mass is 32.2. The fourth-order valence-corrected chi connectivity index (χ4v) is 2.01. The second-order valence-corrected chi connectivity index (χ2v) is 5.67. The summed E-state index contributed by atoms with van der Waals surface area (Å²) in [5.74, 6) is -4.69. The molecule has 1 aromatic rings. The summed E-state index contributed by atoms with van der Waals surface area (Å²) in [5.41, 5.74) is -0.512. The van der Waals surface area contributed by atoms with Gasteiger partial charge in [0.1, 0.15) is 0 Å². The largest absolute Gasteiger partial charge is 0.481 e. The molecule has 8 heteroatoms. The summed E-state index contributed by atoms with van der Waals surface area (Å²) in [6.45, 7) is 0. The van der Waals surface area contributed by atoms with Crippen LogP contribution in [-0.2, 0) is 14.6 Å². The molecule has 1 rings (SSSR count). The van der Waals surface area contributed by atoms with E-state index in [1.54, 1.807) is 0 Å². The maximum atomic E-state index is 12.5. The Balaban J connectivity index is 3.22. The van der Waals surface area contributed by atoms with E-state index in [9.17, 15) is 26.4 Å². The highest BCUT2D eigenvalue weighted by Crippen LogP contribution is 2.35. The molecule has 0 unspecified atom stereocenters. The fourth-order valence-electron chi connectivity index (χ4n) is 1.38. The summed E-state index contributed by atoms with van der Waals surface area (Å²) < 4.78 is 59.7. The van der Waals surface area contributed by atoms with Crippen molar-refractivity contribution < 1.29 is 31.5 Å². The third-order valence-corrected chi connectivity index (χ3v) is 3.34. The molecule has 0 bridgehead atoms. The van der Waals surface area contributed by atoms with E-state index in [4.69, 9.17) is 5.11 Å². The van der Waals surface area contributed by atoms with Gasteiger partial charge in [0.15, 0.2) is 15.8 Å². The molecule has 0 aliphatic carbocycles. The Labute approximate surface area is 101 Å². The van der Waals surface area contributed by atoms with Crippen molar-refractivity contribution in [1.29, 1.82) is 0 Å². The number of hydrogen-bond acceptors (Lipinski definition) is 3. The van der Waals surface area contributed by atoms with Crippen LogP contribution in [0.25, 0.3) is 0 Å². The minimum atomic E-state index is -4.93. The standard InChI is InChI=1S/C10H9F3O4S/c1-18(16,17)7-4-2-6(3-5-7)8(9(14)15)10(11,12)13/h2-5,8H,1H3,(H,14,15)/t8-/m0/s1. The zero-order valence-electron chi connectivity index (χ0n) is 9.10. The van der Waals surface area contributed by atoms with Gasteiger partial charge >= 0.3 is 12.1 Å². The molecule has 0 aliphatic rings. The summed E-state index contributed by atoms with van der Waals surface area (Å²) in [4.78, 5) is 10.4. The summed E-state index contributed by atoms with van der Waals surface area (Å²) in [6.07, 6.45) is -4.03. The Hall–Kier alpha value is -1.57. The van der Waals surface area contributed by atoms with E-state index >= 15 is 0 Å². The quantitative estimate of drug-likeness (QED) is 0.918. The lowest BCUT2D eigenvalue weighted by Crippen LogP contribution is -2.28. The Bertz CT molecular complexity index is 545. The first-order chi connectivity index (χ1) is 8.03. The van der Waals surface area contributed by atoms with Gasteiger partial charge in [0.05, 0.1) is 4.90 Å². The van der Waals surface area contributed by atoms with Gasteiger partial charge in [-0.1, -0.05) is 12.1 Å². The van der Waals surface area contributed by atoms with Gasteiger partial charge in [0.25, 0.3) is 0 Å². The van der Waals surface area contributed by atoms with Crippen LogP contribution in [0.5, 0.6) is 0 Å². The first-order valence-corrected chi connectivity index (χ1v) is 6.52. The van der Waals surface area contributed by atoms with Gasteiger partial charge in [-0.2, -0.15) is 13.2 Å². The number of hydrogen-bond donors (Lipinski definition) is 1. The number of rotatable bonds is 3. The number of halogens is 3. The van der Waals surface area contributed by atoms with Crippen LogP contribution >= 0.6 is 0 Å². The molecule has 4 nitrogen and oxygen atoms in total. The monoisotopic (exact) mass is 282 g/mol. The molecule has 0 aliphatic heterocycles. The van der Waals surface area contributed by atoms with Gasteiger partial charge in [-0.05, 0) is 17.7 Å². The van der Waals surface area contributed by atoms with Gasteiger partial charge < -0.3 is 5.11 Å². The number of aliphatic carboxylic acids is 1. The van der Waals surface area contributed by atoms with Crippen molar-refractivity contribution in [3.8, 4) is 0 Å². The van der Waals surface area contributed by atoms with Crippen LogP contribution in [0.15, 0.2) is 29.2 Å². The summed E-state index contributed by atoms with van der Waals surface area (Å²) in [5, 5.41) is 8.55. The average Bonchev–Trinajstić information content (AvgIpc) is 2.13. The second kappa shape index (κ2) is 4.60. The predicted octanol–water partition coefficient (Wildman–Crippen LogP) is 1.82. The Morgan fingerprint density at radius 1 is 1.22 bits per heavy atom. The molecule has 0 radical (unpaired) electrons. The minimum absolute atomic E-state index is 0.169. The molecule has 18 heavy (non-hydrogen) atoms. The predicted molar refractivity (Wildman–Crippen MR) is 56.0 cm³/mol. The van der Waals surface area contributed by atoms with E-state index in [0.717, 1.165) is 30.5 Å². The smallest absolute Gasteiger partial charge is 0.406 e. The maximum Gasteiger partial charge on any atom is 0.406 e. The number of benzene rings is 1. The van der Waals surface area contributed by atoms with Crippen LogP contribution in [0.3, 0.4) is 0 Å². The zero-order chi connectivity index (χ0) is 14.1. The lowest BCUT2D eigenvalue weighted by molar-refractivity contribution is -0.176. The van der Waals surface area contributed by atoms with Crippen LogP contribution < -0.4 is 0 Å². The normalized spacial score (nSPS) is 14.2. The van der Waals surface area contributed by atoms with Crippen molar-refractivity contribution >= 4 is 15.8 Å². The summed E-state index contributed by atoms with van der Waals surface area (Å²) >= 11 is 0. The molecule has 100 valence electrons. The highest BCUT2D eigenvalue weighted by Gasteiger charge is 2.46. The van der Waals surface area contributed by atoms with Gasteiger partial charge in [0.2, 0.25) is 0 Å². The van der Waals surface area contributed by atoms with E-state index in [0.29, 0.717) is 0 Å². The lowest BCUT2D eigenvalue weighted by atomic mass is 9.99. The van der Waals surface area contributed by atoms with Gasteiger partial charge in [-0.15, -0.1) is 0 Å². The average molecular weight is 282 g/mol. The van der Waals surface area contributed by atoms with Crippen molar-refractivity contribution in [2.24, 2.45) is 0 Å². The zero-order valence-corrected chi connectivity index (χ0v) is 9.92. The molecule has 0 spiro atoms. The molecule has 0 fully saturated rings. The van der Waals surface area contributed by atoms with Crippen molar-refractivity contribution in [2.75, 3.05) is 6.26 Å². The minimum Gasteiger partial charge on any atom is -0.481 e. The molecule has 0 saturated carbocycles. The summed E-state index contributed by atoms with van der Waals surface area (Å²) in [6, 6.07) is 3.60. The molecule has 0 amide bonds. The topological polar surface area (TPSA) is 71.4 Å². The van der Waals surface area contributed by atoms with E-state index in [2.05, 4.69) is 0 Å². The molecule has 1 aromatic carbocycles. The third-order valence-electron chi connectivity index (χ3n) is 2.22. The van der Waals surface area contributed by atoms with E-state index < -0.39 is 33.5 Å². The molecule has 1 N–H and O–H groups in total. The lowest BCUT2D eigenvalue weighted by Gasteiger charge is -2.16. The first kappa shape index (κ1) is 14.5. The summed E-state index contributed by atoms with van der Waals surface area (Å²) in [7, 11) is -3.53.